The molecular formula is C24H29F2N5O3. The van der Waals surface area contributed by atoms with E-state index in [9.17, 15) is 23.7 Å². The van der Waals surface area contributed by atoms with Crippen molar-refractivity contribution in [2.75, 3.05) is 62.2 Å². The summed E-state index contributed by atoms with van der Waals surface area (Å²) in [6.07, 6.45) is 0. The number of hydrogen-bond acceptors (Lipinski definition) is 6. The van der Waals surface area contributed by atoms with Gasteiger partial charge in [0.05, 0.1) is 22.2 Å². The van der Waals surface area contributed by atoms with Crippen LogP contribution in [0.25, 0.3) is 0 Å². The molecule has 34 heavy (non-hydrogen) atoms. The minimum atomic E-state index is -0.609. The second kappa shape index (κ2) is 9.92. The summed E-state index contributed by atoms with van der Waals surface area (Å²) in [6.45, 7) is 8.63. The summed E-state index contributed by atoms with van der Waals surface area (Å²) in [4.78, 5) is 31.7. The average molecular weight is 474 g/mol. The van der Waals surface area contributed by atoms with Gasteiger partial charge >= 0.3 is 0 Å². The molecule has 2 fully saturated rings. The van der Waals surface area contributed by atoms with E-state index in [1.54, 1.807) is 17.0 Å². The number of carbonyl (C=O) groups is 1. The summed E-state index contributed by atoms with van der Waals surface area (Å²) >= 11 is 0. The quantitative estimate of drug-likeness (QED) is 0.490. The highest BCUT2D eigenvalue weighted by Gasteiger charge is 2.33. The molecule has 1 amide bonds. The molecule has 2 aliphatic rings. The highest BCUT2D eigenvalue weighted by molar-refractivity contribution is 5.95. The Morgan fingerprint density at radius 3 is 2.29 bits per heavy atom. The van der Waals surface area contributed by atoms with E-state index < -0.39 is 22.5 Å². The van der Waals surface area contributed by atoms with Crippen LogP contribution in [-0.2, 0) is 0 Å². The topological polar surface area (TPSA) is 73.2 Å². The maximum atomic E-state index is 14.9. The number of likely N-dealkylation sites (N-methyl/N-ethyl adjacent to an activating group) is 1. The number of amides is 1. The van der Waals surface area contributed by atoms with Crippen LogP contribution in [0.1, 0.15) is 24.2 Å². The maximum absolute atomic E-state index is 14.9. The summed E-state index contributed by atoms with van der Waals surface area (Å²) in [7, 11) is 0. The van der Waals surface area contributed by atoms with Crippen molar-refractivity contribution < 1.29 is 18.5 Å². The smallest absolute Gasteiger partial charge is 0.295 e. The first-order valence-corrected chi connectivity index (χ1v) is 11.6. The second-order valence-corrected chi connectivity index (χ2v) is 8.74. The van der Waals surface area contributed by atoms with E-state index in [4.69, 9.17) is 0 Å². The van der Waals surface area contributed by atoms with E-state index >= 15 is 0 Å². The number of piperazine rings is 2. The van der Waals surface area contributed by atoms with Crippen molar-refractivity contribution in [1.82, 2.24) is 9.80 Å². The van der Waals surface area contributed by atoms with Crippen LogP contribution < -0.4 is 9.80 Å². The largest absolute Gasteiger partial charge is 0.367 e. The lowest BCUT2D eigenvalue weighted by atomic mass is 10.1. The zero-order valence-corrected chi connectivity index (χ0v) is 19.4. The van der Waals surface area contributed by atoms with Crippen LogP contribution in [-0.4, -0.2) is 79.0 Å². The van der Waals surface area contributed by atoms with Crippen LogP contribution in [0.2, 0.25) is 0 Å². The van der Waals surface area contributed by atoms with Gasteiger partial charge in [-0.1, -0.05) is 19.1 Å². The monoisotopic (exact) mass is 473 g/mol. The van der Waals surface area contributed by atoms with Gasteiger partial charge in [0.1, 0.15) is 11.5 Å². The lowest BCUT2D eigenvalue weighted by Crippen LogP contribution is -2.54. The Labute approximate surface area is 197 Å². The molecule has 0 radical (unpaired) electrons. The molecule has 1 atom stereocenters. The van der Waals surface area contributed by atoms with Gasteiger partial charge in [0.2, 0.25) is 0 Å². The second-order valence-electron chi connectivity index (χ2n) is 8.74. The SMILES string of the molecule is CCN1CCN(c2cc(N3CCN(C(=O)c4ccccc4F)[C@@H](C)C3)c([N+](=O)[O-])cc2F)CC1. The molecule has 0 spiro atoms. The number of nitro benzene ring substituents is 1. The summed E-state index contributed by atoms with van der Waals surface area (Å²) in [5.41, 5.74) is 0.400. The van der Waals surface area contributed by atoms with Gasteiger partial charge in [-0.2, -0.15) is 0 Å². The minimum absolute atomic E-state index is 0.00377. The summed E-state index contributed by atoms with van der Waals surface area (Å²) in [6, 6.07) is 8.09. The van der Waals surface area contributed by atoms with E-state index in [1.807, 2.05) is 16.7 Å². The summed E-state index contributed by atoms with van der Waals surface area (Å²) in [5.74, 6) is -1.60. The third-order valence-electron chi connectivity index (χ3n) is 6.73. The van der Waals surface area contributed by atoms with Crippen molar-refractivity contribution in [2.45, 2.75) is 19.9 Å². The third kappa shape index (κ3) is 4.68. The molecule has 0 aliphatic carbocycles. The molecule has 0 N–H and O–H groups in total. The zero-order valence-electron chi connectivity index (χ0n) is 19.4. The number of carbonyl (C=O) groups excluding carboxylic acids is 1. The third-order valence-corrected chi connectivity index (χ3v) is 6.73. The van der Waals surface area contributed by atoms with E-state index in [-0.39, 0.29) is 23.8 Å². The molecule has 0 unspecified atom stereocenters. The minimum Gasteiger partial charge on any atom is -0.367 e. The number of nitrogens with zero attached hydrogens (tertiary/aromatic N) is 5. The predicted octanol–water partition coefficient (Wildman–Crippen LogP) is 3.37. The number of rotatable bonds is 5. The van der Waals surface area contributed by atoms with E-state index in [1.165, 1.54) is 18.2 Å². The number of halogens is 2. The van der Waals surface area contributed by atoms with Crippen LogP contribution in [0.4, 0.5) is 25.8 Å². The average Bonchev–Trinajstić information content (AvgIpc) is 2.83. The van der Waals surface area contributed by atoms with Crippen molar-refractivity contribution in [1.29, 1.82) is 0 Å². The first kappa shape index (κ1) is 23.9. The Balaban J connectivity index is 1.57. The van der Waals surface area contributed by atoms with Gasteiger partial charge in [0.15, 0.2) is 5.82 Å². The molecule has 2 saturated heterocycles. The van der Waals surface area contributed by atoms with Crippen molar-refractivity contribution in [3.63, 3.8) is 0 Å². The number of hydrogen-bond donors (Lipinski definition) is 0. The molecule has 0 bridgehead atoms. The molecule has 2 aromatic carbocycles. The molecule has 4 rings (SSSR count). The Morgan fingerprint density at radius 2 is 1.68 bits per heavy atom. The van der Waals surface area contributed by atoms with Crippen LogP contribution in [0.3, 0.4) is 0 Å². The lowest BCUT2D eigenvalue weighted by molar-refractivity contribution is -0.384. The number of anilines is 2. The van der Waals surface area contributed by atoms with Gasteiger partial charge in [-0.3, -0.25) is 14.9 Å². The maximum Gasteiger partial charge on any atom is 0.295 e. The van der Waals surface area contributed by atoms with Gasteiger partial charge in [0.25, 0.3) is 11.6 Å². The summed E-state index contributed by atoms with van der Waals surface area (Å²) in [5, 5.41) is 11.7. The van der Waals surface area contributed by atoms with Gasteiger partial charge in [0, 0.05) is 51.9 Å². The van der Waals surface area contributed by atoms with Crippen molar-refractivity contribution in [3.05, 3.63) is 63.7 Å². The van der Waals surface area contributed by atoms with Gasteiger partial charge in [-0.25, -0.2) is 8.78 Å². The van der Waals surface area contributed by atoms with Crippen molar-refractivity contribution >= 4 is 23.0 Å². The molecule has 8 nitrogen and oxygen atoms in total. The Bertz CT molecular complexity index is 1070. The standard InChI is InChI=1S/C24H29F2N5O3/c1-3-27-8-10-28(11-9-27)21-15-22(23(31(33)34)14-20(21)26)29-12-13-30(17(2)16-29)24(32)18-6-4-5-7-19(18)25/h4-7,14-15,17H,3,8-13,16H2,1-2H3/t17-/m0/s1. The lowest BCUT2D eigenvalue weighted by Gasteiger charge is -2.41. The zero-order chi connectivity index (χ0) is 24.4. The first-order chi connectivity index (χ1) is 16.3. The van der Waals surface area contributed by atoms with Crippen molar-refractivity contribution in [3.8, 4) is 0 Å². The fraction of sp³-hybridized carbons (Fsp3) is 0.458. The molecule has 2 aromatic rings. The molecular weight excluding hydrogens is 444 g/mol. The molecule has 2 aliphatic heterocycles. The van der Waals surface area contributed by atoms with Crippen LogP contribution in [0.15, 0.2) is 36.4 Å². The van der Waals surface area contributed by atoms with Crippen LogP contribution >= 0.6 is 0 Å². The Kier molecular flexibility index (Phi) is 6.97. The Morgan fingerprint density at radius 1 is 1.00 bits per heavy atom. The van der Waals surface area contributed by atoms with Gasteiger partial charge in [-0.05, 0) is 31.7 Å². The Hall–Kier alpha value is -3.27. The molecule has 182 valence electrons. The molecule has 0 aromatic heterocycles. The number of nitro groups is 1. The highest BCUT2D eigenvalue weighted by Crippen LogP contribution is 2.36. The van der Waals surface area contributed by atoms with Gasteiger partial charge < -0.3 is 19.6 Å². The van der Waals surface area contributed by atoms with E-state index in [0.717, 1.165) is 25.7 Å². The van der Waals surface area contributed by atoms with Gasteiger partial charge in [-0.15, -0.1) is 0 Å². The van der Waals surface area contributed by atoms with Crippen LogP contribution in [0, 0.1) is 21.7 Å². The van der Waals surface area contributed by atoms with E-state index in [2.05, 4.69) is 11.8 Å². The fourth-order valence-corrected chi connectivity index (χ4v) is 4.75. The predicted molar refractivity (Wildman–Crippen MR) is 126 cm³/mol. The molecule has 0 saturated carbocycles. The normalized spacial score (nSPS) is 19.4. The summed E-state index contributed by atoms with van der Waals surface area (Å²) < 4.78 is 29.1. The number of benzene rings is 2. The first-order valence-electron chi connectivity index (χ1n) is 11.6. The highest BCUT2D eigenvalue weighted by atomic mass is 19.1. The fourth-order valence-electron chi connectivity index (χ4n) is 4.75. The molecule has 2 heterocycles. The molecule has 10 heteroatoms. The van der Waals surface area contributed by atoms with E-state index in [0.29, 0.717) is 37.6 Å². The van der Waals surface area contributed by atoms with Crippen molar-refractivity contribution in [2.24, 2.45) is 0 Å². The van der Waals surface area contributed by atoms with Crippen LogP contribution in [0.5, 0.6) is 0 Å².